The molecule has 21 heavy (non-hydrogen) atoms. The maximum Gasteiger partial charge on any atom is 0.150 e. The predicted octanol–water partition coefficient (Wildman–Crippen LogP) is 2.62. The lowest BCUT2D eigenvalue weighted by atomic mass is 9.97. The minimum atomic E-state index is -0.0181. The van der Waals surface area contributed by atoms with E-state index in [4.69, 9.17) is 10.6 Å². The summed E-state index contributed by atoms with van der Waals surface area (Å²) < 4.78 is 0. The molecule has 0 radical (unpaired) electrons. The Balaban J connectivity index is 1.86. The van der Waals surface area contributed by atoms with Crippen LogP contribution in [-0.4, -0.2) is 24.6 Å². The summed E-state index contributed by atoms with van der Waals surface area (Å²) in [6.07, 6.45) is 1.60. The van der Waals surface area contributed by atoms with Crippen molar-refractivity contribution in [1.82, 2.24) is 0 Å². The van der Waals surface area contributed by atoms with E-state index >= 15 is 0 Å². The van der Waals surface area contributed by atoms with Crippen LogP contribution in [0.15, 0.2) is 53.7 Å². The number of hydrogen-bond donors (Lipinski definition) is 1. The first-order valence-electron chi connectivity index (χ1n) is 6.89. The molecule has 1 aliphatic rings. The van der Waals surface area contributed by atoms with Crippen molar-refractivity contribution in [1.29, 1.82) is 0 Å². The maximum absolute atomic E-state index is 11.1. The number of nitrogens with two attached hydrogens (primary N) is 1. The van der Waals surface area contributed by atoms with Gasteiger partial charge >= 0.3 is 0 Å². The van der Waals surface area contributed by atoms with Crippen molar-refractivity contribution >= 4 is 12.0 Å². The van der Waals surface area contributed by atoms with Crippen molar-refractivity contribution in [3.05, 3.63) is 59.7 Å². The van der Waals surface area contributed by atoms with Crippen molar-refractivity contribution in [3.63, 3.8) is 0 Å². The van der Waals surface area contributed by atoms with E-state index in [1.165, 1.54) is 0 Å². The van der Waals surface area contributed by atoms with Gasteiger partial charge in [0.05, 0.1) is 5.71 Å². The van der Waals surface area contributed by atoms with Gasteiger partial charge in [-0.15, -0.1) is 0 Å². The van der Waals surface area contributed by atoms with E-state index < -0.39 is 0 Å². The zero-order valence-electron chi connectivity index (χ0n) is 11.5. The molecule has 106 valence electrons. The van der Waals surface area contributed by atoms with E-state index in [2.05, 4.69) is 5.16 Å². The van der Waals surface area contributed by atoms with Crippen LogP contribution < -0.4 is 5.73 Å². The molecular formula is C17H16N2O2. The van der Waals surface area contributed by atoms with Crippen LogP contribution in [0, 0.1) is 0 Å². The number of aldehydes is 1. The number of nitrogens with zero attached hydrogens (tertiary/aromatic N) is 1. The number of hydrogen-bond acceptors (Lipinski definition) is 4. The molecule has 3 rings (SSSR count). The number of benzene rings is 2. The molecule has 1 atom stereocenters. The van der Waals surface area contributed by atoms with Crippen molar-refractivity contribution in [2.24, 2.45) is 10.9 Å². The summed E-state index contributed by atoms with van der Waals surface area (Å²) >= 11 is 0. The molecule has 1 heterocycles. The van der Waals surface area contributed by atoms with E-state index in [1.807, 2.05) is 48.5 Å². The molecule has 0 bridgehead atoms. The lowest BCUT2D eigenvalue weighted by Gasteiger charge is -2.06. The molecule has 2 aromatic carbocycles. The Labute approximate surface area is 123 Å². The highest BCUT2D eigenvalue weighted by molar-refractivity contribution is 6.01. The molecule has 0 saturated heterocycles. The summed E-state index contributed by atoms with van der Waals surface area (Å²) in [5.74, 6) is 0. The summed E-state index contributed by atoms with van der Waals surface area (Å²) in [6, 6.07) is 15.5. The molecule has 0 amide bonds. The van der Waals surface area contributed by atoms with Crippen LogP contribution >= 0.6 is 0 Å². The lowest BCUT2D eigenvalue weighted by molar-refractivity contribution is 0.0918. The molecule has 0 fully saturated rings. The van der Waals surface area contributed by atoms with E-state index in [1.54, 1.807) is 0 Å². The lowest BCUT2D eigenvalue weighted by Crippen LogP contribution is -2.20. The number of carbonyl (C=O) groups is 1. The first kappa shape index (κ1) is 13.5. The molecule has 4 nitrogen and oxygen atoms in total. The van der Waals surface area contributed by atoms with Crippen LogP contribution in [0.3, 0.4) is 0 Å². The molecular weight excluding hydrogens is 264 g/mol. The Bertz CT molecular complexity index is 677. The van der Waals surface area contributed by atoms with E-state index in [9.17, 15) is 4.79 Å². The van der Waals surface area contributed by atoms with Gasteiger partial charge in [0.15, 0.2) is 6.29 Å². The smallest absolute Gasteiger partial charge is 0.150 e. The summed E-state index contributed by atoms with van der Waals surface area (Å²) in [5, 5.41) is 4.07. The van der Waals surface area contributed by atoms with E-state index in [0.29, 0.717) is 12.1 Å². The Kier molecular flexibility index (Phi) is 3.79. The van der Waals surface area contributed by atoms with Gasteiger partial charge in [-0.3, -0.25) is 4.79 Å². The third-order valence-corrected chi connectivity index (χ3v) is 3.61. The van der Waals surface area contributed by atoms with E-state index in [0.717, 1.165) is 35.1 Å². The molecule has 4 heteroatoms. The van der Waals surface area contributed by atoms with Gasteiger partial charge in [-0.1, -0.05) is 53.7 Å². The fourth-order valence-electron chi connectivity index (χ4n) is 2.43. The zero-order valence-corrected chi connectivity index (χ0v) is 11.5. The van der Waals surface area contributed by atoms with Gasteiger partial charge in [0.1, 0.15) is 6.10 Å². The largest absolute Gasteiger partial charge is 0.390 e. The first-order chi connectivity index (χ1) is 10.3. The van der Waals surface area contributed by atoms with Crippen LogP contribution in [0.2, 0.25) is 0 Å². The quantitative estimate of drug-likeness (QED) is 0.875. The second kappa shape index (κ2) is 5.89. The van der Waals surface area contributed by atoms with Gasteiger partial charge < -0.3 is 10.6 Å². The molecule has 0 aromatic heterocycles. The third kappa shape index (κ3) is 2.71. The number of oxime groups is 1. The Morgan fingerprint density at radius 1 is 1.14 bits per heavy atom. The van der Waals surface area contributed by atoms with Gasteiger partial charge in [-0.2, -0.15) is 0 Å². The van der Waals surface area contributed by atoms with Crippen molar-refractivity contribution in [2.75, 3.05) is 6.54 Å². The average Bonchev–Trinajstić information content (AvgIpc) is 3.04. The Morgan fingerprint density at radius 2 is 1.86 bits per heavy atom. The fourth-order valence-corrected chi connectivity index (χ4v) is 2.43. The molecule has 1 aliphatic heterocycles. The van der Waals surface area contributed by atoms with Crippen LogP contribution in [0.1, 0.15) is 22.3 Å². The van der Waals surface area contributed by atoms with Crippen molar-refractivity contribution in [3.8, 4) is 11.1 Å². The third-order valence-electron chi connectivity index (χ3n) is 3.61. The summed E-state index contributed by atoms with van der Waals surface area (Å²) in [6.45, 7) is 0.470. The Hall–Kier alpha value is -2.46. The van der Waals surface area contributed by atoms with Gasteiger partial charge in [-0.25, -0.2) is 0 Å². The van der Waals surface area contributed by atoms with Crippen molar-refractivity contribution < 1.29 is 9.63 Å². The predicted molar refractivity (Wildman–Crippen MR) is 82.3 cm³/mol. The first-order valence-corrected chi connectivity index (χ1v) is 6.89. The molecule has 0 aliphatic carbocycles. The summed E-state index contributed by atoms with van der Waals surface area (Å²) in [4.78, 5) is 16.3. The molecule has 0 saturated carbocycles. The van der Waals surface area contributed by atoms with Crippen LogP contribution in [0.4, 0.5) is 0 Å². The highest BCUT2D eigenvalue weighted by Crippen LogP contribution is 2.24. The molecule has 2 aromatic rings. The molecule has 1 unspecified atom stereocenters. The van der Waals surface area contributed by atoms with Crippen LogP contribution in [0.25, 0.3) is 11.1 Å². The van der Waals surface area contributed by atoms with Gasteiger partial charge in [-0.05, 0) is 16.7 Å². The Morgan fingerprint density at radius 3 is 2.52 bits per heavy atom. The second-order valence-electron chi connectivity index (χ2n) is 4.99. The SMILES string of the molecule is NCC1CC(c2ccc(-c3ccccc3C=O)cc2)=NO1. The second-order valence-corrected chi connectivity index (χ2v) is 4.99. The highest BCUT2D eigenvalue weighted by Gasteiger charge is 2.20. The fraction of sp³-hybridized carbons (Fsp3) is 0.176. The van der Waals surface area contributed by atoms with Gasteiger partial charge in [0.2, 0.25) is 0 Å². The minimum Gasteiger partial charge on any atom is -0.390 e. The zero-order chi connectivity index (χ0) is 14.7. The monoisotopic (exact) mass is 280 g/mol. The molecule has 2 N–H and O–H groups in total. The number of carbonyl (C=O) groups excluding carboxylic acids is 1. The number of rotatable bonds is 4. The summed E-state index contributed by atoms with van der Waals surface area (Å²) in [5.41, 5.74) is 10.2. The highest BCUT2D eigenvalue weighted by atomic mass is 16.6. The van der Waals surface area contributed by atoms with Crippen LogP contribution in [0.5, 0.6) is 0 Å². The van der Waals surface area contributed by atoms with Crippen LogP contribution in [-0.2, 0) is 4.84 Å². The van der Waals surface area contributed by atoms with E-state index in [-0.39, 0.29) is 6.10 Å². The maximum atomic E-state index is 11.1. The minimum absolute atomic E-state index is 0.0181. The standard InChI is InChI=1S/C17H16N2O2/c18-10-15-9-17(19-21-15)13-7-5-12(6-8-13)16-4-2-1-3-14(16)11-20/h1-8,11,15H,9-10,18H2. The molecule has 0 spiro atoms. The van der Waals surface area contributed by atoms with Crippen molar-refractivity contribution in [2.45, 2.75) is 12.5 Å². The average molecular weight is 280 g/mol. The summed E-state index contributed by atoms with van der Waals surface area (Å²) in [7, 11) is 0. The normalized spacial score (nSPS) is 17.2. The van der Waals surface area contributed by atoms with Gasteiger partial charge in [0.25, 0.3) is 0 Å². The topological polar surface area (TPSA) is 64.7 Å². The van der Waals surface area contributed by atoms with Gasteiger partial charge in [0, 0.05) is 18.5 Å².